The Labute approximate surface area is 125 Å². The first-order chi connectivity index (χ1) is 10.2. The molecule has 0 atom stereocenters. The lowest BCUT2D eigenvalue weighted by Crippen LogP contribution is -2.38. The van der Waals surface area contributed by atoms with Gasteiger partial charge in [0.2, 0.25) is 5.82 Å². The summed E-state index contributed by atoms with van der Waals surface area (Å²) < 4.78 is 0. The van der Waals surface area contributed by atoms with Crippen molar-refractivity contribution in [1.29, 1.82) is 0 Å². The highest BCUT2D eigenvalue weighted by Crippen LogP contribution is 2.30. The fourth-order valence-electron chi connectivity index (χ4n) is 2.52. The zero-order chi connectivity index (χ0) is 14.8. The Hall–Kier alpha value is -1.96. The molecule has 8 heteroatoms. The monoisotopic (exact) mass is 307 g/mol. The van der Waals surface area contributed by atoms with Gasteiger partial charge >= 0.3 is 5.69 Å². The number of aryl methyl sites for hydroxylation is 1. The van der Waals surface area contributed by atoms with E-state index >= 15 is 0 Å². The second-order valence-electron chi connectivity index (χ2n) is 5.12. The minimum absolute atomic E-state index is 0.0842. The lowest BCUT2D eigenvalue weighted by Gasteiger charge is -2.30. The van der Waals surface area contributed by atoms with Crippen LogP contribution in [0.15, 0.2) is 10.2 Å². The molecule has 112 valence electrons. The summed E-state index contributed by atoms with van der Waals surface area (Å²) in [6.45, 7) is 3.43. The number of amides is 1. The van der Waals surface area contributed by atoms with Crippen molar-refractivity contribution in [3.63, 3.8) is 0 Å². The summed E-state index contributed by atoms with van der Waals surface area (Å²) in [4.78, 5) is 31.9. The first-order valence-corrected chi connectivity index (χ1v) is 7.93. The Morgan fingerprint density at radius 3 is 2.81 bits per heavy atom. The number of aromatic amines is 2. The molecule has 0 aromatic carbocycles. The summed E-state index contributed by atoms with van der Waals surface area (Å²) in [5.74, 6) is 0.290. The number of nitrogens with zero attached hydrogens (tertiary/aromatic N) is 3. The van der Waals surface area contributed by atoms with Gasteiger partial charge in [0, 0.05) is 24.4 Å². The smallest absolute Gasteiger partial charge is 0.336 e. The third-order valence-corrected chi connectivity index (χ3v) is 4.82. The highest BCUT2D eigenvalue weighted by molar-refractivity contribution is 7.09. The number of rotatable bonds is 3. The summed E-state index contributed by atoms with van der Waals surface area (Å²) in [7, 11) is 0. The van der Waals surface area contributed by atoms with Crippen molar-refractivity contribution < 1.29 is 4.79 Å². The first-order valence-electron chi connectivity index (χ1n) is 7.05. The van der Waals surface area contributed by atoms with E-state index in [9.17, 15) is 9.59 Å². The number of carbonyl (C=O) groups excluding carboxylic acids is 1. The van der Waals surface area contributed by atoms with Gasteiger partial charge in [0.25, 0.3) is 5.91 Å². The average molecular weight is 307 g/mol. The van der Waals surface area contributed by atoms with Gasteiger partial charge in [0.15, 0.2) is 0 Å². The van der Waals surface area contributed by atoms with Crippen molar-refractivity contribution in [3.05, 3.63) is 32.4 Å². The number of piperidine rings is 1. The van der Waals surface area contributed by atoms with Crippen molar-refractivity contribution in [2.24, 2.45) is 0 Å². The first kappa shape index (κ1) is 14.0. The van der Waals surface area contributed by atoms with Crippen molar-refractivity contribution in [1.82, 2.24) is 25.1 Å². The maximum Gasteiger partial charge on any atom is 0.341 e. The van der Waals surface area contributed by atoms with Crippen LogP contribution in [0.2, 0.25) is 0 Å². The molecule has 21 heavy (non-hydrogen) atoms. The normalized spacial score (nSPS) is 16.3. The number of hydrogen-bond donors (Lipinski definition) is 2. The minimum Gasteiger partial charge on any atom is -0.336 e. The van der Waals surface area contributed by atoms with Gasteiger partial charge in [-0.15, -0.1) is 16.4 Å². The second-order valence-corrected chi connectivity index (χ2v) is 6.01. The van der Waals surface area contributed by atoms with Crippen molar-refractivity contribution >= 4 is 17.2 Å². The van der Waals surface area contributed by atoms with Gasteiger partial charge in [0.1, 0.15) is 0 Å². The number of nitrogens with one attached hydrogen (secondary N) is 2. The van der Waals surface area contributed by atoms with Crippen LogP contribution in [0.1, 0.15) is 47.0 Å². The van der Waals surface area contributed by atoms with Crippen LogP contribution >= 0.6 is 11.3 Å². The van der Waals surface area contributed by atoms with Gasteiger partial charge in [-0.25, -0.2) is 14.9 Å². The van der Waals surface area contributed by atoms with Crippen molar-refractivity contribution in [3.8, 4) is 0 Å². The van der Waals surface area contributed by atoms with Gasteiger partial charge in [-0.3, -0.25) is 9.78 Å². The van der Waals surface area contributed by atoms with Crippen LogP contribution < -0.4 is 5.69 Å². The van der Waals surface area contributed by atoms with E-state index in [-0.39, 0.29) is 11.7 Å². The van der Waals surface area contributed by atoms with E-state index in [1.54, 1.807) is 16.2 Å². The zero-order valence-corrected chi connectivity index (χ0v) is 12.6. The average Bonchev–Trinajstić information content (AvgIpc) is 3.15. The van der Waals surface area contributed by atoms with Crippen molar-refractivity contribution in [2.75, 3.05) is 13.1 Å². The van der Waals surface area contributed by atoms with Crippen LogP contribution in [0.3, 0.4) is 0 Å². The Morgan fingerprint density at radius 1 is 1.48 bits per heavy atom. The lowest BCUT2D eigenvalue weighted by atomic mass is 9.97. The fourth-order valence-corrected chi connectivity index (χ4v) is 3.60. The standard InChI is InChI=1S/C13H17N5O2S/c1-2-9-7-21-11(14-9)8-3-5-18(6-4-8)12(19)10-15-13(20)17-16-10/h7-8H,2-6H2,1H3,(H2,15,16,17,20). The molecule has 1 aliphatic heterocycles. The van der Waals surface area contributed by atoms with E-state index in [4.69, 9.17) is 0 Å². The SMILES string of the molecule is CCc1csc(C2CCN(C(=O)c3n[nH]c(=O)[nH]3)CC2)n1. The third kappa shape index (κ3) is 2.90. The number of carbonyl (C=O) groups is 1. The molecule has 1 aliphatic rings. The molecule has 0 bridgehead atoms. The Kier molecular flexibility index (Phi) is 3.87. The summed E-state index contributed by atoms with van der Waals surface area (Å²) in [6, 6.07) is 0. The molecule has 3 rings (SSSR count). The van der Waals surface area contributed by atoms with E-state index < -0.39 is 5.69 Å². The third-order valence-electron chi connectivity index (χ3n) is 3.77. The summed E-state index contributed by atoms with van der Waals surface area (Å²) in [5, 5.41) is 9.19. The van der Waals surface area contributed by atoms with Gasteiger partial charge in [-0.05, 0) is 19.3 Å². The van der Waals surface area contributed by atoms with Crippen molar-refractivity contribution in [2.45, 2.75) is 32.1 Å². The van der Waals surface area contributed by atoms with Gasteiger partial charge < -0.3 is 4.90 Å². The molecular formula is C13H17N5O2S. The summed E-state index contributed by atoms with van der Waals surface area (Å²) in [6.07, 6.45) is 2.76. The molecule has 0 aliphatic carbocycles. The maximum absolute atomic E-state index is 12.2. The highest BCUT2D eigenvalue weighted by atomic mass is 32.1. The molecule has 0 spiro atoms. The molecule has 0 unspecified atom stereocenters. The molecule has 3 heterocycles. The number of aromatic nitrogens is 4. The Morgan fingerprint density at radius 2 is 2.24 bits per heavy atom. The van der Waals surface area contributed by atoms with E-state index in [1.807, 2.05) is 0 Å². The molecule has 0 radical (unpaired) electrons. The predicted molar refractivity (Wildman–Crippen MR) is 78.6 cm³/mol. The quantitative estimate of drug-likeness (QED) is 0.889. The highest BCUT2D eigenvalue weighted by Gasteiger charge is 2.27. The lowest BCUT2D eigenvalue weighted by molar-refractivity contribution is 0.0701. The summed E-state index contributed by atoms with van der Waals surface area (Å²) >= 11 is 1.71. The van der Waals surface area contributed by atoms with Crippen LogP contribution in [-0.4, -0.2) is 44.1 Å². The molecule has 1 amide bonds. The predicted octanol–water partition coefficient (Wildman–Crippen LogP) is 1.14. The minimum atomic E-state index is -0.455. The van der Waals surface area contributed by atoms with Crippen LogP contribution in [-0.2, 0) is 6.42 Å². The number of thiazole rings is 1. The van der Waals surface area contributed by atoms with Crippen LogP contribution in [0.4, 0.5) is 0 Å². The van der Waals surface area contributed by atoms with Gasteiger partial charge in [-0.2, -0.15) is 0 Å². The maximum atomic E-state index is 12.2. The molecule has 0 saturated carbocycles. The van der Waals surface area contributed by atoms with E-state index in [2.05, 4.69) is 32.5 Å². The molecule has 2 N–H and O–H groups in total. The molecule has 1 fully saturated rings. The number of H-pyrrole nitrogens is 2. The molecular weight excluding hydrogens is 290 g/mol. The van der Waals surface area contributed by atoms with Crippen LogP contribution in [0.25, 0.3) is 0 Å². The van der Waals surface area contributed by atoms with Gasteiger partial charge in [-0.1, -0.05) is 6.92 Å². The van der Waals surface area contributed by atoms with E-state index in [1.165, 1.54) is 5.01 Å². The van der Waals surface area contributed by atoms with Gasteiger partial charge in [0.05, 0.1) is 10.7 Å². The zero-order valence-electron chi connectivity index (χ0n) is 11.8. The molecule has 2 aromatic heterocycles. The van der Waals surface area contributed by atoms with Crippen LogP contribution in [0, 0.1) is 0 Å². The topological polar surface area (TPSA) is 94.7 Å². The molecule has 7 nitrogen and oxygen atoms in total. The molecule has 2 aromatic rings. The fraction of sp³-hybridized carbons (Fsp3) is 0.538. The Bertz CT molecular complexity index is 681. The Balaban J connectivity index is 1.62. The number of hydrogen-bond acceptors (Lipinski definition) is 5. The van der Waals surface area contributed by atoms with E-state index in [0.29, 0.717) is 19.0 Å². The second kappa shape index (κ2) is 5.80. The summed E-state index contributed by atoms with van der Waals surface area (Å²) in [5.41, 5.74) is 0.686. The molecule has 1 saturated heterocycles. The number of likely N-dealkylation sites (tertiary alicyclic amines) is 1. The largest absolute Gasteiger partial charge is 0.341 e. The van der Waals surface area contributed by atoms with E-state index in [0.717, 1.165) is 25.0 Å². The van der Waals surface area contributed by atoms with Crippen LogP contribution in [0.5, 0.6) is 0 Å².